The molecule has 0 aliphatic heterocycles. The van der Waals surface area contributed by atoms with Gasteiger partial charge in [0.15, 0.2) is 0 Å². The first kappa shape index (κ1) is 16.0. The van der Waals surface area contributed by atoms with Crippen molar-refractivity contribution in [2.75, 3.05) is 4.31 Å². The van der Waals surface area contributed by atoms with Crippen LogP contribution in [0.25, 0.3) is 10.8 Å². The molecule has 6 heteroatoms. The molecule has 1 aliphatic rings. The fourth-order valence-corrected chi connectivity index (χ4v) is 4.35. The van der Waals surface area contributed by atoms with Crippen LogP contribution in [-0.2, 0) is 16.1 Å². The van der Waals surface area contributed by atoms with Crippen molar-refractivity contribution in [1.82, 2.24) is 0 Å². The van der Waals surface area contributed by atoms with Gasteiger partial charge in [-0.1, -0.05) is 55.7 Å². The van der Waals surface area contributed by atoms with Crippen LogP contribution in [0, 0.1) is 0 Å². The van der Waals surface area contributed by atoms with E-state index in [4.69, 9.17) is 0 Å². The molecule has 23 heavy (non-hydrogen) atoms. The van der Waals surface area contributed by atoms with Crippen LogP contribution >= 0.6 is 0 Å². The summed E-state index contributed by atoms with van der Waals surface area (Å²) >= 11 is -2.67. The molecule has 1 saturated carbocycles. The van der Waals surface area contributed by atoms with Gasteiger partial charge in [-0.3, -0.25) is 8.51 Å². The molecule has 3 rings (SSSR count). The Morgan fingerprint density at radius 3 is 2.39 bits per heavy atom. The number of hydrogen-bond acceptors (Lipinski definition) is 3. The number of carbonyl (C=O) groups is 1. The number of aliphatic carboxylic acids is 1. The van der Waals surface area contributed by atoms with Gasteiger partial charge in [0.2, 0.25) is 0 Å². The van der Waals surface area contributed by atoms with Crippen molar-refractivity contribution in [2.45, 2.75) is 37.6 Å². The molecule has 122 valence electrons. The molecule has 2 aromatic rings. The topological polar surface area (TPSA) is 80.7 Å². The van der Waals surface area contributed by atoms with Gasteiger partial charge in [0.1, 0.15) is 5.54 Å². The largest absolute Gasteiger partial charge is 0.755 e. The normalized spacial score (nSPS) is 18.5. The molecular weight excluding hydrogens is 314 g/mol. The number of carboxylic acid groups (broad SMARTS) is 1. The zero-order valence-corrected chi connectivity index (χ0v) is 13.4. The van der Waals surface area contributed by atoms with Crippen LogP contribution in [0.1, 0.15) is 32.1 Å². The van der Waals surface area contributed by atoms with Crippen LogP contribution in [0.3, 0.4) is 0 Å². The number of rotatable bonds is 4. The van der Waals surface area contributed by atoms with Crippen LogP contribution in [-0.4, -0.2) is 25.4 Å². The molecule has 1 aliphatic carbocycles. The lowest BCUT2D eigenvalue weighted by Gasteiger charge is -2.45. The summed E-state index contributed by atoms with van der Waals surface area (Å²) in [6.45, 7) is 0. The molecule has 0 spiro atoms. The number of hydrogen-bond donors (Lipinski definition) is 1. The Labute approximate surface area is 137 Å². The average molecular weight is 332 g/mol. The van der Waals surface area contributed by atoms with Crippen molar-refractivity contribution < 1.29 is 18.7 Å². The van der Waals surface area contributed by atoms with E-state index < -0.39 is 22.8 Å². The molecule has 1 unspecified atom stereocenters. The van der Waals surface area contributed by atoms with E-state index in [0.717, 1.165) is 21.5 Å². The fraction of sp³-hybridized carbons (Fsp3) is 0.353. The molecule has 1 atom stereocenters. The third-order valence-corrected chi connectivity index (χ3v) is 5.45. The molecule has 0 aromatic heterocycles. The minimum Gasteiger partial charge on any atom is -0.755 e. The third-order valence-electron chi connectivity index (χ3n) is 4.60. The number of benzene rings is 2. The van der Waals surface area contributed by atoms with Crippen molar-refractivity contribution >= 4 is 33.7 Å². The summed E-state index contributed by atoms with van der Waals surface area (Å²) in [6, 6.07) is 12.7. The van der Waals surface area contributed by atoms with E-state index in [2.05, 4.69) is 0 Å². The lowest BCUT2D eigenvalue weighted by atomic mass is 9.81. The highest BCUT2D eigenvalue weighted by molar-refractivity contribution is 7.80. The van der Waals surface area contributed by atoms with Crippen LogP contribution < -0.4 is 4.31 Å². The summed E-state index contributed by atoms with van der Waals surface area (Å²) in [6.07, 6.45) is 3.03. The van der Waals surface area contributed by atoms with Gasteiger partial charge in [0, 0.05) is 16.7 Å². The van der Waals surface area contributed by atoms with Gasteiger partial charge < -0.3 is 9.66 Å². The van der Waals surface area contributed by atoms with E-state index >= 15 is 0 Å². The molecular formula is C17H18NO4S-. The Hall–Kier alpha value is -1.92. The highest BCUT2D eigenvalue weighted by atomic mass is 32.2. The fourth-order valence-electron chi connectivity index (χ4n) is 3.48. The second kappa shape index (κ2) is 6.29. The number of nitrogens with zero attached hydrogens (tertiary/aromatic N) is 1. The van der Waals surface area contributed by atoms with Gasteiger partial charge in [-0.2, -0.15) is 0 Å². The van der Waals surface area contributed by atoms with Gasteiger partial charge in [-0.05, 0) is 24.3 Å². The third kappa shape index (κ3) is 2.72. The van der Waals surface area contributed by atoms with Gasteiger partial charge in [0.25, 0.3) is 0 Å². The lowest BCUT2D eigenvalue weighted by molar-refractivity contribution is -0.144. The van der Waals surface area contributed by atoms with Gasteiger partial charge >= 0.3 is 5.97 Å². The van der Waals surface area contributed by atoms with E-state index in [1.807, 2.05) is 30.3 Å². The van der Waals surface area contributed by atoms with E-state index in [0.29, 0.717) is 31.4 Å². The standard InChI is InChI=1S/C17H19NO4S/c19-16(20)17(11-4-1-5-12-17)18(23(21)22)15-10-6-8-13-7-2-3-9-14(13)15/h2-3,6-10H,1,4-5,11-12H2,(H,19,20)(H,21,22)/p-1. The second-order valence-electron chi connectivity index (χ2n) is 5.91. The molecule has 2 aromatic carbocycles. The van der Waals surface area contributed by atoms with E-state index in [9.17, 15) is 18.7 Å². The molecule has 0 radical (unpaired) electrons. The van der Waals surface area contributed by atoms with Crippen LogP contribution in [0.15, 0.2) is 42.5 Å². The van der Waals surface area contributed by atoms with Gasteiger partial charge in [-0.15, -0.1) is 0 Å². The summed E-state index contributed by atoms with van der Waals surface area (Å²) in [5, 5.41) is 11.5. The van der Waals surface area contributed by atoms with Crippen LogP contribution in [0.5, 0.6) is 0 Å². The van der Waals surface area contributed by atoms with Crippen molar-refractivity contribution in [3.63, 3.8) is 0 Å². The van der Waals surface area contributed by atoms with Crippen LogP contribution in [0.4, 0.5) is 5.69 Å². The molecule has 0 amide bonds. The zero-order chi connectivity index (χ0) is 16.4. The Morgan fingerprint density at radius 2 is 1.74 bits per heavy atom. The van der Waals surface area contributed by atoms with Gasteiger partial charge in [0.05, 0.1) is 5.69 Å². The van der Waals surface area contributed by atoms with Crippen molar-refractivity contribution in [3.05, 3.63) is 42.5 Å². The van der Waals surface area contributed by atoms with E-state index in [-0.39, 0.29) is 0 Å². The molecule has 5 nitrogen and oxygen atoms in total. The summed E-state index contributed by atoms with van der Waals surface area (Å²) in [5.41, 5.74) is -0.963. The minimum absolute atomic E-state index is 0.333. The molecule has 0 bridgehead atoms. The molecule has 0 heterocycles. The monoisotopic (exact) mass is 332 g/mol. The lowest BCUT2D eigenvalue weighted by Crippen LogP contribution is -2.56. The maximum Gasteiger partial charge on any atom is 0.330 e. The Kier molecular flexibility index (Phi) is 4.37. The van der Waals surface area contributed by atoms with Crippen molar-refractivity contribution in [3.8, 4) is 0 Å². The predicted molar refractivity (Wildman–Crippen MR) is 88.8 cm³/mol. The number of anilines is 1. The maximum atomic E-state index is 12.0. The number of carboxylic acids is 1. The van der Waals surface area contributed by atoms with E-state index in [1.54, 1.807) is 12.1 Å². The predicted octanol–water partition coefficient (Wildman–Crippen LogP) is 3.23. The molecule has 0 saturated heterocycles. The quantitative estimate of drug-likeness (QED) is 0.872. The summed E-state index contributed by atoms with van der Waals surface area (Å²) in [5.74, 6) is -1.07. The van der Waals surface area contributed by atoms with Crippen molar-refractivity contribution in [1.29, 1.82) is 0 Å². The highest BCUT2D eigenvalue weighted by Gasteiger charge is 2.46. The summed E-state index contributed by atoms with van der Waals surface area (Å²) in [4.78, 5) is 12.0. The maximum absolute atomic E-state index is 12.0. The van der Waals surface area contributed by atoms with Gasteiger partial charge in [-0.25, -0.2) is 4.79 Å². The smallest absolute Gasteiger partial charge is 0.330 e. The SMILES string of the molecule is O=C(O)C1(N(c2cccc3ccccc23)S(=O)[O-])CCCCC1. The minimum atomic E-state index is -2.67. The number of fused-ring (bicyclic) bond motifs is 1. The summed E-state index contributed by atoms with van der Waals surface area (Å²) in [7, 11) is 0. The molecule has 1 fully saturated rings. The Morgan fingerprint density at radius 1 is 1.09 bits per heavy atom. The van der Waals surface area contributed by atoms with Crippen LogP contribution in [0.2, 0.25) is 0 Å². The highest BCUT2D eigenvalue weighted by Crippen LogP contribution is 2.40. The van der Waals surface area contributed by atoms with Crippen molar-refractivity contribution in [2.24, 2.45) is 0 Å². The Balaban J connectivity index is 2.21. The first-order valence-electron chi connectivity index (χ1n) is 7.67. The second-order valence-corrected chi connectivity index (χ2v) is 6.71. The summed E-state index contributed by atoms with van der Waals surface area (Å²) < 4.78 is 25.1. The Bertz CT molecular complexity index is 750. The average Bonchev–Trinajstić information content (AvgIpc) is 2.56. The van der Waals surface area contributed by atoms with E-state index in [1.165, 1.54) is 0 Å². The zero-order valence-electron chi connectivity index (χ0n) is 12.6. The first-order valence-corrected chi connectivity index (χ1v) is 8.70. The first-order chi connectivity index (χ1) is 11.1. The molecule has 1 N–H and O–H groups in total.